The average Bonchev–Trinajstić information content (AvgIpc) is 3.09. The van der Waals surface area contributed by atoms with Gasteiger partial charge in [0.1, 0.15) is 0 Å². The van der Waals surface area contributed by atoms with Crippen molar-refractivity contribution in [2.24, 2.45) is 46.3 Å². The van der Waals surface area contributed by atoms with E-state index >= 15 is 0 Å². The number of hydrogen-bond donors (Lipinski definition) is 1. The number of aliphatic hydroxyl groups excluding tert-OH is 1. The molecule has 3 saturated carbocycles. The molecule has 0 bridgehead atoms. The Labute approximate surface area is 198 Å². The maximum Gasteiger partial charge on any atom is 0.0697 e. The summed E-state index contributed by atoms with van der Waals surface area (Å²) in [4.78, 5) is 0. The zero-order valence-electron chi connectivity index (χ0n) is 21.6. The van der Waals surface area contributed by atoms with Crippen LogP contribution in [-0.2, 0) is 4.74 Å². The minimum atomic E-state index is -0.253. The third kappa shape index (κ3) is 4.17. The molecule has 1 N–H and O–H groups in total. The highest BCUT2D eigenvalue weighted by molar-refractivity contribution is 5.28. The summed E-state index contributed by atoms with van der Waals surface area (Å²) in [5.74, 6) is 4.95. The van der Waals surface area contributed by atoms with E-state index in [1.165, 1.54) is 56.9 Å². The van der Waals surface area contributed by atoms with Crippen molar-refractivity contribution in [3.8, 4) is 0 Å². The lowest BCUT2D eigenvalue weighted by atomic mass is 9.46. The van der Waals surface area contributed by atoms with Crippen LogP contribution in [0, 0.1) is 46.3 Å². The van der Waals surface area contributed by atoms with E-state index < -0.39 is 0 Å². The Morgan fingerprint density at radius 3 is 2.66 bits per heavy atom. The second kappa shape index (κ2) is 9.57. The maximum atomic E-state index is 10.6. The molecule has 0 amide bonds. The Bertz CT molecular complexity index is 695. The molecule has 182 valence electrons. The molecule has 3 fully saturated rings. The van der Waals surface area contributed by atoms with E-state index in [1.54, 1.807) is 0 Å². The first-order valence-electron chi connectivity index (χ1n) is 13.8. The van der Waals surface area contributed by atoms with Crippen LogP contribution in [0.15, 0.2) is 24.3 Å². The third-order valence-corrected chi connectivity index (χ3v) is 10.8. The molecule has 0 aromatic carbocycles. The SMILES string of the molecule is C=CCOC1C[C@H](O)CC2=CC[C@H]3[C@@H]4CC[C@H]([C@H](C)CCCC(C)C)[C@@]4(C)CC[C@@H]3[C@]21C. The monoisotopic (exact) mass is 442 g/mol. The first-order valence-corrected chi connectivity index (χ1v) is 13.8. The third-order valence-electron chi connectivity index (χ3n) is 10.8. The number of allylic oxidation sites excluding steroid dienone is 1. The Morgan fingerprint density at radius 2 is 1.94 bits per heavy atom. The van der Waals surface area contributed by atoms with Crippen molar-refractivity contribution in [3.05, 3.63) is 24.3 Å². The van der Waals surface area contributed by atoms with Gasteiger partial charge in [-0.25, -0.2) is 0 Å². The molecule has 0 radical (unpaired) electrons. The highest BCUT2D eigenvalue weighted by Crippen LogP contribution is 2.67. The molecule has 0 spiro atoms. The highest BCUT2D eigenvalue weighted by atomic mass is 16.5. The molecule has 0 aromatic rings. The van der Waals surface area contributed by atoms with E-state index in [9.17, 15) is 5.11 Å². The molecule has 0 aliphatic heterocycles. The number of aliphatic hydroxyl groups is 1. The van der Waals surface area contributed by atoms with Crippen LogP contribution in [0.25, 0.3) is 0 Å². The summed E-state index contributed by atoms with van der Waals surface area (Å²) < 4.78 is 6.36. The first kappa shape index (κ1) is 24.5. The van der Waals surface area contributed by atoms with E-state index in [0.29, 0.717) is 17.9 Å². The van der Waals surface area contributed by atoms with E-state index in [0.717, 1.165) is 42.4 Å². The van der Waals surface area contributed by atoms with Gasteiger partial charge in [-0.15, -0.1) is 6.58 Å². The van der Waals surface area contributed by atoms with Gasteiger partial charge in [0.2, 0.25) is 0 Å². The molecule has 2 nitrogen and oxygen atoms in total. The Balaban J connectivity index is 1.54. The lowest BCUT2D eigenvalue weighted by Crippen LogP contribution is -2.56. The topological polar surface area (TPSA) is 29.5 Å². The molecule has 0 saturated heterocycles. The molecule has 4 rings (SSSR count). The van der Waals surface area contributed by atoms with Crippen molar-refractivity contribution >= 4 is 0 Å². The van der Waals surface area contributed by atoms with Gasteiger partial charge >= 0.3 is 0 Å². The number of rotatable bonds is 8. The smallest absolute Gasteiger partial charge is 0.0697 e. The van der Waals surface area contributed by atoms with Crippen molar-refractivity contribution < 1.29 is 9.84 Å². The van der Waals surface area contributed by atoms with Crippen molar-refractivity contribution in [3.63, 3.8) is 0 Å². The maximum absolute atomic E-state index is 10.6. The summed E-state index contributed by atoms with van der Waals surface area (Å²) in [6.07, 6.45) is 16.9. The van der Waals surface area contributed by atoms with Crippen LogP contribution >= 0.6 is 0 Å². The zero-order chi connectivity index (χ0) is 23.1. The standard InChI is InChI=1S/C30H50O2/c1-7-17-32-28-19-23(31)18-22-11-12-24-26-14-13-25(21(4)10-8-9-20(2)3)29(26,5)16-15-27(24)30(22,28)6/h7,11,20-21,23-28,31H,1,8-10,12-19H2,2-6H3/t21-,23-,24+,25-,26+,27+,28?,29-,30+/m1/s1. The van der Waals surface area contributed by atoms with Gasteiger partial charge in [-0.2, -0.15) is 0 Å². The van der Waals surface area contributed by atoms with E-state index in [4.69, 9.17) is 4.74 Å². The normalized spacial score (nSPS) is 44.4. The summed E-state index contributed by atoms with van der Waals surface area (Å²) in [5, 5.41) is 10.6. The lowest BCUT2D eigenvalue weighted by molar-refractivity contribution is -0.126. The van der Waals surface area contributed by atoms with Gasteiger partial charge in [-0.3, -0.25) is 0 Å². The van der Waals surface area contributed by atoms with Crippen LogP contribution in [0.3, 0.4) is 0 Å². The molecule has 0 heterocycles. The fraction of sp³-hybridized carbons (Fsp3) is 0.867. The second-order valence-electron chi connectivity index (χ2n) is 12.9. The summed E-state index contributed by atoms with van der Waals surface area (Å²) in [5.41, 5.74) is 2.10. The first-order chi connectivity index (χ1) is 15.2. The Hall–Kier alpha value is -0.600. The number of fused-ring (bicyclic) bond motifs is 5. The molecule has 9 atom stereocenters. The Morgan fingerprint density at radius 1 is 1.16 bits per heavy atom. The minimum Gasteiger partial charge on any atom is -0.393 e. The van der Waals surface area contributed by atoms with Crippen molar-refractivity contribution in [2.75, 3.05) is 6.61 Å². The van der Waals surface area contributed by atoms with Gasteiger partial charge in [0.25, 0.3) is 0 Å². The fourth-order valence-electron chi connectivity index (χ4n) is 9.12. The minimum absolute atomic E-state index is 0.0907. The van der Waals surface area contributed by atoms with Gasteiger partial charge in [-0.05, 0) is 79.4 Å². The molecule has 32 heavy (non-hydrogen) atoms. The van der Waals surface area contributed by atoms with Gasteiger partial charge in [-0.1, -0.05) is 71.6 Å². The summed E-state index contributed by atoms with van der Waals surface area (Å²) in [6.45, 7) is 16.9. The predicted molar refractivity (Wildman–Crippen MR) is 134 cm³/mol. The van der Waals surface area contributed by atoms with Crippen LogP contribution in [0.2, 0.25) is 0 Å². The van der Waals surface area contributed by atoms with Crippen molar-refractivity contribution in [2.45, 2.75) is 111 Å². The van der Waals surface area contributed by atoms with Crippen LogP contribution < -0.4 is 0 Å². The lowest BCUT2D eigenvalue weighted by Gasteiger charge is -2.60. The number of hydrogen-bond acceptors (Lipinski definition) is 2. The van der Waals surface area contributed by atoms with Gasteiger partial charge in [0, 0.05) is 11.8 Å². The second-order valence-corrected chi connectivity index (χ2v) is 12.9. The van der Waals surface area contributed by atoms with Gasteiger partial charge in [0.05, 0.1) is 18.8 Å². The molecule has 2 heteroatoms. The van der Waals surface area contributed by atoms with Gasteiger partial charge < -0.3 is 9.84 Å². The van der Waals surface area contributed by atoms with Crippen LogP contribution in [0.5, 0.6) is 0 Å². The van der Waals surface area contributed by atoms with Crippen LogP contribution in [0.4, 0.5) is 0 Å². The Kier molecular flexibility index (Phi) is 7.33. The van der Waals surface area contributed by atoms with Crippen molar-refractivity contribution in [1.82, 2.24) is 0 Å². The predicted octanol–water partition coefficient (Wildman–Crippen LogP) is 7.57. The van der Waals surface area contributed by atoms with Crippen LogP contribution in [0.1, 0.15) is 98.8 Å². The molecule has 1 unspecified atom stereocenters. The van der Waals surface area contributed by atoms with E-state index in [1.807, 2.05) is 6.08 Å². The van der Waals surface area contributed by atoms with E-state index in [-0.39, 0.29) is 17.6 Å². The van der Waals surface area contributed by atoms with Crippen LogP contribution in [-0.4, -0.2) is 23.9 Å². The molecule has 4 aliphatic rings. The quantitative estimate of drug-likeness (QED) is 0.393. The molecular weight excluding hydrogens is 392 g/mol. The zero-order valence-corrected chi connectivity index (χ0v) is 21.6. The number of ether oxygens (including phenoxy) is 1. The molecule has 0 aromatic heterocycles. The summed E-state index contributed by atoms with van der Waals surface area (Å²) >= 11 is 0. The summed E-state index contributed by atoms with van der Waals surface area (Å²) in [6, 6.07) is 0. The average molecular weight is 443 g/mol. The fourth-order valence-corrected chi connectivity index (χ4v) is 9.12. The highest BCUT2D eigenvalue weighted by Gasteiger charge is 2.61. The summed E-state index contributed by atoms with van der Waals surface area (Å²) in [7, 11) is 0. The van der Waals surface area contributed by atoms with Gasteiger partial charge in [0.15, 0.2) is 0 Å². The van der Waals surface area contributed by atoms with Crippen molar-refractivity contribution in [1.29, 1.82) is 0 Å². The van der Waals surface area contributed by atoms with E-state index in [2.05, 4.69) is 47.3 Å². The largest absolute Gasteiger partial charge is 0.393 e. The molecular formula is C30H50O2. The molecule has 4 aliphatic carbocycles.